The number of nitrogens with zero attached hydrogens (tertiary/aromatic N) is 4. The van der Waals surface area contributed by atoms with Gasteiger partial charge in [-0.05, 0) is 78.9 Å². The molecule has 1 aromatic heterocycles. The van der Waals surface area contributed by atoms with E-state index in [-0.39, 0.29) is 29.0 Å². The van der Waals surface area contributed by atoms with Crippen LogP contribution in [0.25, 0.3) is 22.3 Å². The van der Waals surface area contributed by atoms with Gasteiger partial charge < -0.3 is 9.47 Å². The highest BCUT2D eigenvalue weighted by Crippen LogP contribution is 2.37. The molecule has 230 valence electrons. The SMILES string of the molecule is CCOc1cc(C)c(-c2nc3ccccc3c(=O)n2N=Cc2cc(Cl)c(OCc3ccc(Cl)cc3)c([N+](=O)[O-])c2)cc1C(C)C. The van der Waals surface area contributed by atoms with Crippen molar-refractivity contribution < 1.29 is 14.4 Å². The van der Waals surface area contributed by atoms with E-state index in [1.165, 1.54) is 23.0 Å². The summed E-state index contributed by atoms with van der Waals surface area (Å²) in [6.07, 6.45) is 1.34. The molecule has 4 aromatic carbocycles. The molecule has 0 radical (unpaired) electrons. The summed E-state index contributed by atoms with van der Waals surface area (Å²) in [5.74, 6) is 1.15. The van der Waals surface area contributed by atoms with Crippen LogP contribution in [0.5, 0.6) is 11.5 Å². The number of ether oxygens (including phenoxy) is 2. The molecule has 5 rings (SSSR count). The molecule has 0 aliphatic heterocycles. The summed E-state index contributed by atoms with van der Waals surface area (Å²) in [5.41, 5.74) is 3.35. The van der Waals surface area contributed by atoms with Crippen molar-refractivity contribution in [2.75, 3.05) is 6.61 Å². The van der Waals surface area contributed by atoms with Gasteiger partial charge in [0.2, 0.25) is 5.75 Å². The maximum Gasteiger partial charge on any atom is 0.313 e. The van der Waals surface area contributed by atoms with E-state index in [0.29, 0.717) is 39.5 Å². The zero-order chi connectivity index (χ0) is 32.2. The molecule has 0 spiro atoms. The maximum absolute atomic E-state index is 13.8. The molecule has 0 fully saturated rings. The second-order valence-corrected chi connectivity index (χ2v) is 11.5. The Labute approximate surface area is 269 Å². The van der Waals surface area contributed by atoms with E-state index in [0.717, 1.165) is 22.4 Å². The summed E-state index contributed by atoms with van der Waals surface area (Å²) in [7, 11) is 0. The van der Waals surface area contributed by atoms with Crippen LogP contribution in [0.2, 0.25) is 10.0 Å². The molecule has 11 heteroatoms. The molecule has 9 nitrogen and oxygen atoms in total. The number of para-hydroxylation sites is 1. The Morgan fingerprint density at radius 2 is 1.78 bits per heavy atom. The second kappa shape index (κ2) is 13.5. The van der Waals surface area contributed by atoms with Crippen LogP contribution in [0.1, 0.15) is 48.9 Å². The monoisotopic (exact) mass is 644 g/mol. The zero-order valence-corrected chi connectivity index (χ0v) is 26.6. The van der Waals surface area contributed by atoms with E-state index in [2.05, 4.69) is 18.9 Å². The van der Waals surface area contributed by atoms with Crippen molar-refractivity contribution in [3.63, 3.8) is 0 Å². The first-order chi connectivity index (χ1) is 21.6. The Bertz CT molecular complexity index is 1990. The van der Waals surface area contributed by atoms with Gasteiger partial charge in [0.05, 0.1) is 33.7 Å². The van der Waals surface area contributed by atoms with Gasteiger partial charge in [-0.2, -0.15) is 9.78 Å². The smallest absolute Gasteiger partial charge is 0.313 e. The molecule has 0 saturated heterocycles. The topological polar surface area (TPSA) is 109 Å². The number of aromatic nitrogens is 2. The van der Waals surface area contributed by atoms with E-state index in [1.54, 1.807) is 42.5 Å². The molecule has 5 aromatic rings. The minimum Gasteiger partial charge on any atom is -0.494 e. The van der Waals surface area contributed by atoms with Gasteiger partial charge in [0.25, 0.3) is 5.56 Å². The molecular weight excluding hydrogens is 615 g/mol. The van der Waals surface area contributed by atoms with Crippen LogP contribution >= 0.6 is 23.2 Å². The third-order valence-electron chi connectivity index (χ3n) is 7.14. The Kier molecular flexibility index (Phi) is 9.51. The first kappa shape index (κ1) is 31.7. The Morgan fingerprint density at radius 3 is 2.47 bits per heavy atom. The summed E-state index contributed by atoms with van der Waals surface area (Å²) in [6, 6.07) is 20.6. The molecular formula is C34H30Cl2N4O5. The summed E-state index contributed by atoms with van der Waals surface area (Å²) < 4.78 is 12.9. The number of hydrogen-bond acceptors (Lipinski definition) is 7. The quantitative estimate of drug-likeness (QED) is 0.0855. The number of fused-ring (bicyclic) bond motifs is 1. The lowest BCUT2D eigenvalue weighted by molar-refractivity contribution is -0.385. The van der Waals surface area contributed by atoms with Gasteiger partial charge in [-0.15, -0.1) is 0 Å². The normalized spacial score (nSPS) is 11.4. The predicted molar refractivity (Wildman–Crippen MR) is 178 cm³/mol. The fraction of sp³-hybridized carbons (Fsp3) is 0.206. The van der Waals surface area contributed by atoms with Crippen molar-refractivity contribution in [1.82, 2.24) is 9.66 Å². The molecule has 0 saturated carbocycles. The predicted octanol–water partition coefficient (Wildman–Crippen LogP) is 8.57. The van der Waals surface area contributed by atoms with Crippen molar-refractivity contribution in [3.8, 4) is 22.9 Å². The third-order valence-corrected chi connectivity index (χ3v) is 7.67. The molecule has 0 amide bonds. The summed E-state index contributed by atoms with van der Waals surface area (Å²) in [6.45, 7) is 8.54. The van der Waals surface area contributed by atoms with Crippen molar-refractivity contribution in [2.45, 2.75) is 40.2 Å². The van der Waals surface area contributed by atoms with Crippen LogP contribution in [0.3, 0.4) is 0 Å². The van der Waals surface area contributed by atoms with E-state index < -0.39 is 10.5 Å². The standard InChI is InChI=1S/C34H30Cl2N4O5/c1-5-44-31-14-21(4)27(17-26(31)20(2)3)33-38-29-9-7-6-8-25(29)34(41)39(33)37-18-23-15-28(36)32(30(16-23)40(42)43)45-19-22-10-12-24(35)13-11-22/h6-18,20H,5,19H2,1-4H3. The number of halogens is 2. The number of benzene rings is 4. The first-order valence-corrected chi connectivity index (χ1v) is 15.0. The summed E-state index contributed by atoms with van der Waals surface area (Å²) in [4.78, 5) is 30.1. The fourth-order valence-corrected chi connectivity index (χ4v) is 5.29. The molecule has 0 unspecified atom stereocenters. The lowest BCUT2D eigenvalue weighted by Crippen LogP contribution is -2.21. The summed E-state index contributed by atoms with van der Waals surface area (Å²) >= 11 is 12.4. The van der Waals surface area contributed by atoms with Crippen LogP contribution in [0, 0.1) is 17.0 Å². The zero-order valence-electron chi connectivity index (χ0n) is 25.1. The highest BCUT2D eigenvalue weighted by Gasteiger charge is 2.22. The molecule has 45 heavy (non-hydrogen) atoms. The minimum atomic E-state index is -0.577. The van der Waals surface area contributed by atoms with Crippen LogP contribution in [0.4, 0.5) is 5.69 Å². The molecule has 0 aliphatic rings. The van der Waals surface area contributed by atoms with Crippen LogP contribution in [0.15, 0.2) is 82.7 Å². The van der Waals surface area contributed by atoms with Crippen molar-refractivity contribution in [3.05, 3.63) is 126 Å². The van der Waals surface area contributed by atoms with Crippen molar-refractivity contribution >= 4 is 46.0 Å². The van der Waals surface area contributed by atoms with Crippen LogP contribution < -0.4 is 15.0 Å². The average molecular weight is 646 g/mol. The molecule has 0 bridgehead atoms. The number of nitro benzene ring substituents is 1. The lowest BCUT2D eigenvalue weighted by Gasteiger charge is -2.18. The Hall–Kier alpha value is -4.73. The van der Waals surface area contributed by atoms with Crippen molar-refractivity contribution in [2.24, 2.45) is 5.10 Å². The number of hydrogen-bond donors (Lipinski definition) is 0. The molecule has 0 N–H and O–H groups in total. The maximum atomic E-state index is 13.8. The van der Waals surface area contributed by atoms with E-state index in [9.17, 15) is 14.9 Å². The number of rotatable bonds is 10. The van der Waals surface area contributed by atoms with Gasteiger partial charge in [0.15, 0.2) is 5.82 Å². The lowest BCUT2D eigenvalue weighted by atomic mass is 9.96. The minimum absolute atomic E-state index is 0.0211. The van der Waals surface area contributed by atoms with E-state index >= 15 is 0 Å². The fourth-order valence-electron chi connectivity index (χ4n) is 4.89. The van der Waals surface area contributed by atoms with Gasteiger partial charge in [-0.25, -0.2) is 4.98 Å². The van der Waals surface area contributed by atoms with Crippen molar-refractivity contribution in [1.29, 1.82) is 0 Å². The molecule has 1 heterocycles. The number of aryl methyl sites for hydroxylation is 1. The molecule has 0 aliphatic carbocycles. The highest BCUT2D eigenvalue weighted by molar-refractivity contribution is 6.32. The first-order valence-electron chi connectivity index (χ1n) is 14.3. The summed E-state index contributed by atoms with van der Waals surface area (Å²) in [5, 5.41) is 17.5. The van der Waals surface area contributed by atoms with Gasteiger partial charge in [0, 0.05) is 22.2 Å². The number of nitro groups is 1. The second-order valence-electron chi connectivity index (χ2n) is 10.6. The third kappa shape index (κ3) is 6.84. The van der Waals surface area contributed by atoms with E-state index in [4.69, 9.17) is 37.7 Å². The van der Waals surface area contributed by atoms with Gasteiger partial charge >= 0.3 is 5.69 Å². The average Bonchev–Trinajstić information content (AvgIpc) is 3.00. The molecule has 0 atom stereocenters. The van der Waals surface area contributed by atoms with Gasteiger partial charge in [-0.1, -0.05) is 61.3 Å². The highest BCUT2D eigenvalue weighted by atomic mass is 35.5. The Morgan fingerprint density at radius 1 is 1.04 bits per heavy atom. The van der Waals surface area contributed by atoms with Gasteiger partial charge in [-0.3, -0.25) is 14.9 Å². The van der Waals surface area contributed by atoms with E-state index in [1.807, 2.05) is 32.0 Å². The largest absolute Gasteiger partial charge is 0.494 e. The van der Waals surface area contributed by atoms with Crippen LogP contribution in [-0.4, -0.2) is 27.4 Å². The van der Waals surface area contributed by atoms with Crippen LogP contribution in [-0.2, 0) is 6.61 Å². The Balaban J connectivity index is 1.61. The van der Waals surface area contributed by atoms with Gasteiger partial charge in [0.1, 0.15) is 12.4 Å².